The SMILES string of the molecule is CCCCN(CCCC)CCCCCCCCC(O)c1cc2ccccc2c2ccccc12. The Morgan fingerprint density at radius 1 is 0.636 bits per heavy atom. The standard InChI is InChI=1S/C31H45NO/c1-3-5-22-32(23-6-4-2)24-16-10-8-7-9-11-21-31(33)30-25-26-17-12-13-18-27(26)28-19-14-15-20-29(28)30/h12-15,17-20,25,31,33H,3-11,16,21-24H2,1-2H3. The van der Waals surface area contributed by atoms with Gasteiger partial charge < -0.3 is 10.0 Å². The summed E-state index contributed by atoms with van der Waals surface area (Å²) in [4.78, 5) is 2.68. The van der Waals surface area contributed by atoms with Crippen LogP contribution in [0, 0.1) is 0 Å². The molecule has 0 spiro atoms. The Balaban J connectivity index is 1.40. The molecule has 0 aromatic heterocycles. The minimum Gasteiger partial charge on any atom is -0.388 e. The Bertz CT molecular complexity index is 942. The minimum atomic E-state index is -0.384. The predicted molar refractivity (Wildman–Crippen MR) is 145 cm³/mol. The van der Waals surface area contributed by atoms with E-state index in [4.69, 9.17) is 0 Å². The van der Waals surface area contributed by atoms with Gasteiger partial charge in [-0.15, -0.1) is 0 Å². The smallest absolute Gasteiger partial charge is 0.0796 e. The van der Waals surface area contributed by atoms with E-state index in [1.807, 2.05) is 0 Å². The summed E-state index contributed by atoms with van der Waals surface area (Å²) in [7, 11) is 0. The number of aliphatic hydroxyl groups excluding tert-OH is 1. The van der Waals surface area contributed by atoms with Gasteiger partial charge in [0, 0.05) is 0 Å². The van der Waals surface area contributed by atoms with Crippen LogP contribution >= 0.6 is 0 Å². The molecule has 0 aliphatic heterocycles. The lowest BCUT2D eigenvalue weighted by molar-refractivity contribution is 0.165. The van der Waals surface area contributed by atoms with Gasteiger partial charge in [0.1, 0.15) is 0 Å². The van der Waals surface area contributed by atoms with E-state index in [0.29, 0.717) is 0 Å². The molecule has 3 rings (SSSR count). The van der Waals surface area contributed by atoms with Gasteiger partial charge in [0.05, 0.1) is 6.10 Å². The van der Waals surface area contributed by atoms with E-state index >= 15 is 0 Å². The van der Waals surface area contributed by atoms with E-state index in [2.05, 4.69) is 73.3 Å². The molecule has 0 fully saturated rings. The summed E-state index contributed by atoms with van der Waals surface area (Å²) in [6, 6.07) is 19.2. The number of rotatable bonds is 16. The molecule has 0 bridgehead atoms. The van der Waals surface area contributed by atoms with Gasteiger partial charge in [-0.1, -0.05) is 107 Å². The molecule has 1 atom stereocenters. The van der Waals surface area contributed by atoms with E-state index in [-0.39, 0.29) is 6.10 Å². The van der Waals surface area contributed by atoms with Crippen LogP contribution in [0.3, 0.4) is 0 Å². The van der Waals surface area contributed by atoms with Crippen molar-refractivity contribution in [2.24, 2.45) is 0 Å². The first kappa shape index (κ1) is 25.7. The number of benzene rings is 3. The molecule has 1 unspecified atom stereocenters. The molecule has 0 saturated heterocycles. The fourth-order valence-electron chi connectivity index (χ4n) is 4.99. The highest BCUT2D eigenvalue weighted by molar-refractivity contribution is 6.09. The third-order valence-corrected chi connectivity index (χ3v) is 7.02. The molecule has 0 saturated carbocycles. The molecule has 1 N–H and O–H groups in total. The van der Waals surface area contributed by atoms with E-state index < -0.39 is 0 Å². The third-order valence-electron chi connectivity index (χ3n) is 7.02. The van der Waals surface area contributed by atoms with Crippen molar-refractivity contribution in [3.63, 3.8) is 0 Å². The molecule has 0 amide bonds. The van der Waals surface area contributed by atoms with Crippen LogP contribution in [0.2, 0.25) is 0 Å². The Hall–Kier alpha value is -1.90. The van der Waals surface area contributed by atoms with Crippen LogP contribution in [-0.4, -0.2) is 29.6 Å². The van der Waals surface area contributed by atoms with Crippen molar-refractivity contribution in [2.45, 2.75) is 90.6 Å². The lowest BCUT2D eigenvalue weighted by Crippen LogP contribution is -2.27. The molecule has 3 aromatic rings. The second-order valence-corrected chi connectivity index (χ2v) is 9.71. The number of fused-ring (bicyclic) bond motifs is 3. The maximum atomic E-state index is 11.0. The van der Waals surface area contributed by atoms with Crippen LogP contribution < -0.4 is 0 Å². The summed E-state index contributed by atoms with van der Waals surface area (Å²) < 4.78 is 0. The average molecular weight is 448 g/mol. The summed E-state index contributed by atoms with van der Waals surface area (Å²) in [5.74, 6) is 0. The van der Waals surface area contributed by atoms with E-state index in [1.54, 1.807) is 0 Å². The van der Waals surface area contributed by atoms with E-state index in [1.165, 1.54) is 99.0 Å². The van der Waals surface area contributed by atoms with Crippen molar-refractivity contribution in [1.82, 2.24) is 4.90 Å². The second-order valence-electron chi connectivity index (χ2n) is 9.71. The summed E-state index contributed by atoms with van der Waals surface area (Å²) in [6.45, 7) is 8.40. The van der Waals surface area contributed by atoms with Crippen LogP contribution in [0.15, 0.2) is 54.6 Å². The Labute approximate surface area is 202 Å². The lowest BCUT2D eigenvalue weighted by atomic mass is 9.92. The van der Waals surface area contributed by atoms with E-state index in [0.717, 1.165) is 18.4 Å². The lowest BCUT2D eigenvalue weighted by Gasteiger charge is -2.21. The summed E-state index contributed by atoms with van der Waals surface area (Å²) >= 11 is 0. The topological polar surface area (TPSA) is 23.5 Å². The first-order valence-corrected chi connectivity index (χ1v) is 13.6. The van der Waals surface area contributed by atoms with Gasteiger partial charge in [-0.2, -0.15) is 0 Å². The van der Waals surface area contributed by atoms with Crippen molar-refractivity contribution in [2.75, 3.05) is 19.6 Å². The number of aliphatic hydroxyl groups is 1. The van der Waals surface area contributed by atoms with Crippen LogP contribution in [0.1, 0.15) is 96.1 Å². The van der Waals surface area contributed by atoms with Crippen molar-refractivity contribution < 1.29 is 5.11 Å². The van der Waals surface area contributed by atoms with Gasteiger partial charge in [0.15, 0.2) is 0 Å². The number of unbranched alkanes of at least 4 members (excludes halogenated alkanes) is 7. The second kappa shape index (κ2) is 14.4. The molecule has 3 aromatic carbocycles. The van der Waals surface area contributed by atoms with Crippen molar-refractivity contribution in [3.8, 4) is 0 Å². The van der Waals surface area contributed by atoms with Crippen molar-refractivity contribution in [3.05, 3.63) is 60.2 Å². The van der Waals surface area contributed by atoms with Crippen LogP contribution in [0.4, 0.5) is 0 Å². The van der Waals surface area contributed by atoms with Gasteiger partial charge in [-0.05, 0) is 78.5 Å². The van der Waals surface area contributed by atoms with Crippen LogP contribution in [0.25, 0.3) is 21.5 Å². The molecular formula is C31H45NO. The highest BCUT2D eigenvalue weighted by Gasteiger charge is 2.13. The van der Waals surface area contributed by atoms with Gasteiger partial charge >= 0.3 is 0 Å². The largest absolute Gasteiger partial charge is 0.388 e. The maximum absolute atomic E-state index is 11.0. The zero-order valence-electron chi connectivity index (χ0n) is 21.1. The fourth-order valence-corrected chi connectivity index (χ4v) is 4.99. The molecule has 33 heavy (non-hydrogen) atoms. The first-order chi connectivity index (χ1) is 16.2. The van der Waals surface area contributed by atoms with Gasteiger partial charge in [-0.25, -0.2) is 0 Å². The van der Waals surface area contributed by atoms with Crippen molar-refractivity contribution in [1.29, 1.82) is 0 Å². The Kier molecular flexibility index (Phi) is 11.2. The molecular weight excluding hydrogens is 402 g/mol. The Morgan fingerprint density at radius 3 is 1.88 bits per heavy atom. The Morgan fingerprint density at radius 2 is 1.18 bits per heavy atom. The quantitative estimate of drug-likeness (QED) is 0.175. The summed E-state index contributed by atoms with van der Waals surface area (Å²) in [6.07, 6.45) is 13.3. The highest BCUT2D eigenvalue weighted by Crippen LogP contribution is 2.33. The average Bonchev–Trinajstić information content (AvgIpc) is 2.86. The molecule has 0 aliphatic rings. The first-order valence-electron chi connectivity index (χ1n) is 13.6. The molecule has 0 aliphatic carbocycles. The van der Waals surface area contributed by atoms with Crippen LogP contribution in [0.5, 0.6) is 0 Å². The van der Waals surface area contributed by atoms with E-state index in [9.17, 15) is 5.11 Å². The van der Waals surface area contributed by atoms with Crippen LogP contribution in [-0.2, 0) is 0 Å². The molecule has 0 radical (unpaired) electrons. The zero-order valence-corrected chi connectivity index (χ0v) is 21.1. The summed E-state index contributed by atoms with van der Waals surface area (Å²) in [5.41, 5.74) is 1.09. The van der Waals surface area contributed by atoms with Gasteiger partial charge in [-0.3, -0.25) is 0 Å². The zero-order chi connectivity index (χ0) is 23.3. The maximum Gasteiger partial charge on any atom is 0.0796 e. The number of hydrogen-bond donors (Lipinski definition) is 1. The normalized spacial score (nSPS) is 12.7. The van der Waals surface area contributed by atoms with Gasteiger partial charge in [0.25, 0.3) is 0 Å². The highest BCUT2D eigenvalue weighted by atomic mass is 16.3. The molecule has 2 heteroatoms. The monoisotopic (exact) mass is 447 g/mol. The molecule has 0 heterocycles. The molecule has 180 valence electrons. The predicted octanol–water partition coefficient (Wildman–Crippen LogP) is 8.66. The van der Waals surface area contributed by atoms with Crippen molar-refractivity contribution >= 4 is 21.5 Å². The third kappa shape index (κ3) is 7.83. The molecule has 2 nitrogen and oxygen atoms in total. The summed E-state index contributed by atoms with van der Waals surface area (Å²) in [5, 5.41) is 15.9. The van der Waals surface area contributed by atoms with Gasteiger partial charge in [0.2, 0.25) is 0 Å². The minimum absolute atomic E-state index is 0.384. The fraction of sp³-hybridized carbons (Fsp3) is 0.548. The number of nitrogens with zero attached hydrogens (tertiary/aromatic N) is 1. The number of hydrogen-bond acceptors (Lipinski definition) is 2.